The van der Waals surface area contributed by atoms with Crippen LogP contribution in [0.2, 0.25) is 0 Å². The van der Waals surface area contributed by atoms with E-state index < -0.39 is 0 Å². The topological polar surface area (TPSA) is 15.3 Å². The van der Waals surface area contributed by atoms with Crippen LogP contribution < -0.4 is 5.32 Å². The zero-order valence-corrected chi connectivity index (χ0v) is 13.2. The quantitative estimate of drug-likeness (QED) is 0.913. The first kappa shape index (κ1) is 13.6. The molecule has 3 aliphatic heterocycles. The van der Waals surface area contributed by atoms with Crippen LogP contribution in [0.4, 0.5) is 0 Å². The zero-order chi connectivity index (χ0) is 13.5. The minimum atomic E-state index is 0.290. The van der Waals surface area contributed by atoms with Crippen molar-refractivity contribution in [3.05, 3.63) is 21.9 Å². The molecule has 0 aliphatic carbocycles. The van der Waals surface area contributed by atoms with Gasteiger partial charge < -0.3 is 10.2 Å². The van der Waals surface area contributed by atoms with Crippen molar-refractivity contribution in [2.24, 2.45) is 5.92 Å². The van der Waals surface area contributed by atoms with Gasteiger partial charge in [0.15, 0.2) is 0 Å². The van der Waals surface area contributed by atoms with E-state index in [1.54, 1.807) is 0 Å². The van der Waals surface area contributed by atoms with E-state index in [1.807, 2.05) is 11.3 Å². The Morgan fingerprint density at radius 2 is 2.00 bits per heavy atom. The Kier molecular flexibility index (Phi) is 3.71. The number of thiophene rings is 1. The van der Waals surface area contributed by atoms with E-state index in [2.05, 4.69) is 43.1 Å². The molecular formula is C16H26N2S. The summed E-state index contributed by atoms with van der Waals surface area (Å²) in [6.45, 7) is 11.9. The number of nitrogens with zero attached hydrogens (tertiary/aromatic N) is 1. The summed E-state index contributed by atoms with van der Waals surface area (Å²) in [7, 11) is 0. The van der Waals surface area contributed by atoms with E-state index >= 15 is 0 Å². The lowest BCUT2D eigenvalue weighted by Crippen LogP contribution is -2.55. The average molecular weight is 278 g/mol. The molecule has 1 N–H and O–H groups in total. The van der Waals surface area contributed by atoms with E-state index in [1.165, 1.54) is 42.2 Å². The second kappa shape index (κ2) is 5.19. The Bertz CT molecular complexity index is 424. The number of hydrogen-bond donors (Lipinski definition) is 1. The molecule has 0 aromatic carbocycles. The fourth-order valence-electron chi connectivity index (χ4n) is 3.30. The molecule has 0 radical (unpaired) electrons. The minimum Gasteiger partial charge on any atom is -0.308 e. The van der Waals surface area contributed by atoms with E-state index in [-0.39, 0.29) is 0 Å². The fourth-order valence-corrected chi connectivity index (χ4v) is 4.32. The van der Waals surface area contributed by atoms with Crippen molar-refractivity contribution in [2.45, 2.75) is 51.6 Å². The Labute approximate surface area is 121 Å². The molecule has 1 unspecified atom stereocenters. The van der Waals surface area contributed by atoms with Crippen molar-refractivity contribution < 1.29 is 0 Å². The standard InChI is InChI=1S/C16H26N2S/c1-16(2,3)15-5-4-13(19-15)10-17-14-11-18-8-6-12(14)7-9-18/h4-5,12,14,17H,6-11H2,1-3H3. The molecule has 0 spiro atoms. The molecule has 106 valence electrons. The summed E-state index contributed by atoms with van der Waals surface area (Å²) in [6, 6.07) is 5.33. The summed E-state index contributed by atoms with van der Waals surface area (Å²) in [6.07, 6.45) is 2.80. The Morgan fingerprint density at radius 1 is 1.26 bits per heavy atom. The zero-order valence-electron chi connectivity index (χ0n) is 12.4. The average Bonchev–Trinajstić information content (AvgIpc) is 2.86. The summed E-state index contributed by atoms with van der Waals surface area (Å²) in [4.78, 5) is 5.60. The number of nitrogens with one attached hydrogen (secondary N) is 1. The maximum absolute atomic E-state index is 3.80. The van der Waals surface area contributed by atoms with Crippen LogP contribution in [-0.4, -0.2) is 30.6 Å². The van der Waals surface area contributed by atoms with E-state index in [0.717, 1.165) is 18.5 Å². The Morgan fingerprint density at radius 3 is 2.53 bits per heavy atom. The van der Waals surface area contributed by atoms with Crippen molar-refractivity contribution in [2.75, 3.05) is 19.6 Å². The number of piperidine rings is 3. The van der Waals surface area contributed by atoms with Crippen molar-refractivity contribution >= 4 is 11.3 Å². The monoisotopic (exact) mass is 278 g/mol. The maximum atomic E-state index is 3.80. The van der Waals surface area contributed by atoms with Crippen LogP contribution in [-0.2, 0) is 12.0 Å². The van der Waals surface area contributed by atoms with Gasteiger partial charge in [-0.05, 0) is 49.4 Å². The molecule has 3 aliphatic rings. The predicted molar refractivity (Wildman–Crippen MR) is 82.8 cm³/mol. The Balaban J connectivity index is 1.56. The fraction of sp³-hybridized carbons (Fsp3) is 0.750. The molecule has 3 saturated heterocycles. The molecule has 1 aromatic heterocycles. The van der Waals surface area contributed by atoms with Crippen molar-refractivity contribution in [3.8, 4) is 0 Å². The van der Waals surface area contributed by atoms with Crippen LogP contribution in [0.1, 0.15) is 43.4 Å². The lowest BCUT2D eigenvalue weighted by atomic mass is 9.84. The van der Waals surface area contributed by atoms with Gasteiger partial charge in [0.2, 0.25) is 0 Å². The van der Waals surface area contributed by atoms with Gasteiger partial charge in [0, 0.05) is 28.9 Å². The first-order valence-corrected chi connectivity index (χ1v) is 8.39. The molecule has 1 aromatic rings. The molecule has 3 heteroatoms. The highest BCUT2D eigenvalue weighted by molar-refractivity contribution is 7.12. The molecule has 0 amide bonds. The van der Waals surface area contributed by atoms with Crippen LogP contribution in [0.25, 0.3) is 0 Å². The third-order valence-corrected chi connectivity index (χ3v) is 6.11. The van der Waals surface area contributed by atoms with Crippen molar-refractivity contribution in [3.63, 3.8) is 0 Å². The van der Waals surface area contributed by atoms with Crippen LogP contribution >= 0.6 is 11.3 Å². The lowest BCUT2D eigenvalue weighted by Gasteiger charge is -2.45. The second-order valence-corrected chi connectivity index (χ2v) is 8.31. The van der Waals surface area contributed by atoms with Gasteiger partial charge in [0.25, 0.3) is 0 Å². The molecule has 2 bridgehead atoms. The summed E-state index contributed by atoms with van der Waals surface area (Å²) in [5.74, 6) is 0.923. The van der Waals surface area contributed by atoms with Gasteiger partial charge in [0.1, 0.15) is 0 Å². The minimum absolute atomic E-state index is 0.290. The first-order valence-electron chi connectivity index (χ1n) is 7.57. The Hall–Kier alpha value is -0.380. The molecular weight excluding hydrogens is 252 g/mol. The third kappa shape index (κ3) is 3.04. The molecule has 4 rings (SSSR count). The van der Waals surface area contributed by atoms with Gasteiger partial charge in [-0.25, -0.2) is 0 Å². The molecule has 4 heterocycles. The van der Waals surface area contributed by atoms with E-state index in [0.29, 0.717) is 5.41 Å². The van der Waals surface area contributed by atoms with E-state index in [4.69, 9.17) is 0 Å². The number of hydrogen-bond acceptors (Lipinski definition) is 3. The van der Waals surface area contributed by atoms with Crippen LogP contribution in [0.15, 0.2) is 12.1 Å². The van der Waals surface area contributed by atoms with Crippen molar-refractivity contribution in [1.82, 2.24) is 10.2 Å². The highest BCUT2D eigenvalue weighted by Gasteiger charge is 2.33. The summed E-state index contributed by atoms with van der Waals surface area (Å²) < 4.78 is 0. The third-order valence-electron chi connectivity index (χ3n) is 4.60. The second-order valence-electron chi connectivity index (χ2n) is 7.14. The molecule has 0 saturated carbocycles. The van der Waals surface area contributed by atoms with Gasteiger partial charge in [-0.2, -0.15) is 0 Å². The summed E-state index contributed by atoms with van der Waals surface area (Å²) >= 11 is 1.97. The summed E-state index contributed by atoms with van der Waals surface area (Å²) in [5, 5.41) is 3.80. The van der Waals surface area contributed by atoms with Gasteiger partial charge in [-0.3, -0.25) is 0 Å². The van der Waals surface area contributed by atoms with Gasteiger partial charge in [0.05, 0.1) is 0 Å². The van der Waals surface area contributed by atoms with Crippen LogP contribution in [0, 0.1) is 5.92 Å². The smallest absolute Gasteiger partial charge is 0.0303 e. The van der Waals surface area contributed by atoms with Crippen molar-refractivity contribution in [1.29, 1.82) is 0 Å². The highest BCUT2D eigenvalue weighted by atomic mass is 32.1. The predicted octanol–water partition coefficient (Wildman–Crippen LogP) is 3.23. The largest absolute Gasteiger partial charge is 0.308 e. The number of rotatable bonds is 3. The molecule has 2 nitrogen and oxygen atoms in total. The van der Waals surface area contributed by atoms with Gasteiger partial charge in [-0.1, -0.05) is 20.8 Å². The lowest BCUT2D eigenvalue weighted by molar-refractivity contribution is 0.0721. The molecule has 19 heavy (non-hydrogen) atoms. The first-order chi connectivity index (χ1) is 9.02. The maximum Gasteiger partial charge on any atom is 0.0303 e. The SMILES string of the molecule is CC(C)(C)c1ccc(CNC2CN3CCC2CC3)s1. The normalized spacial score (nSPS) is 30.8. The van der Waals surface area contributed by atoms with Crippen LogP contribution in [0.5, 0.6) is 0 Å². The van der Waals surface area contributed by atoms with E-state index in [9.17, 15) is 0 Å². The summed E-state index contributed by atoms with van der Waals surface area (Å²) in [5.41, 5.74) is 0.290. The molecule has 1 atom stereocenters. The highest BCUT2D eigenvalue weighted by Crippen LogP contribution is 2.31. The van der Waals surface area contributed by atoms with Gasteiger partial charge in [-0.15, -0.1) is 11.3 Å². The number of fused-ring (bicyclic) bond motifs is 3. The van der Waals surface area contributed by atoms with Gasteiger partial charge >= 0.3 is 0 Å². The molecule has 3 fully saturated rings. The van der Waals surface area contributed by atoms with Crippen LogP contribution in [0.3, 0.4) is 0 Å².